The second-order valence-corrected chi connectivity index (χ2v) is 3.64. The zero-order valence-corrected chi connectivity index (χ0v) is 8.20. The second-order valence-electron chi connectivity index (χ2n) is 3.64. The number of benzene rings is 1. The number of aliphatic hydroxyl groups is 1. The molecule has 2 rings (SSSR count). The third-order valence-corrected chi connectivity index (χ3v) is 2.60. The van der Waals surface area contributed by atoms with Crippen LogP contribution < -0.4 is 0 Å². The van der Waals surface area contributed by atoms with Crippen LogP contribution in [0.25, 0.3) is 10.9 Å². The molecule has 2 N–H and O–H groups in total. The van der Waals surface area contributed by atoms with Gasteiger partial charge in [0.15, 0.2) is 0 Å². The van der Waals surface area contributed by atoms with Crippen LogP contribution in [0.3, 0.4) is 0 Å². The molecule has 0 saturated carbocycles. The van der Waals surface area contributed by atoms with E-state index in [4.69, 9.17) is 0 Å². The third kappa shape index (κ3) is 1.42. The zero-order valence-electron chi connectivity index (χ0n) is 8.20. The molecule has 0 fully saturated rings. The number of hydrogen-bond acceptors (Lipinski definition) is 1. The Morgan fingerprint density at radius 3 is 2.79 bits per heavy atom. The summed E-state index contributed by atoms with van der Waals surface area (Å²) in [5, 5.41) is 10.6. The van der Waals surface area contributed by atoms with E-state index < -0.39 is 6.10 Å². The van der Waals surface area contributed by atoms with Crippen LogP contribution in [-0.4, -0.2) is 16.2 Å². The van der Waals surface area contributed by atoms with E-state index in [0.717, 1.165) is 16.5 Å². The Balaban J connectivity index is 2.53. The molecule has 73 valence electrons. The Labute approximate surface area is 83.6 Å². The minimum atomic E-state index is -0.422. The highest BCUT2D eigenvalue weighted by Crippen LogP contribution is 2.26. The van der Waals surface area contributed by atoms with Crippen LogP contribution in [0.1, 0.15) is 18.4 Å². The van der Waals surface area contributed by atoms with E-state index in [9.17, 15) is 5.11 Å². The number of para-hydroxylation sites is 1. The van der Waals surface area contributed by atoms with Crippen molar-refractivity contribution in [2.45, 2.75) is 18.9 Å². The topological polar surface area (TPSA) is 36.0 Å². The van der Waals surface area contributed by atoms with Crippen LogP contribution in [0.2, 0.25) is 0 Å². The van der Waals surface area contributed by atoms with E-state index >= 15 is 0 Å². The molecule has 0 aliphatic rings. The van der Waals surface area contributed by atoms with Crippen LogP contribution in [0.5, 0.6) is 0 Å². The molecular weight excluding hydrogens is 174 g/mol. The molecule has 2 heteroatoms. The van der Waals surface area contributed by atoms with Gasteiger partial charge in [-0.05, 0) is 25.5 Å². The van der Waals surface area contributed by atoms with E-state index in [1.165, 1.54) is 0 Å². The molecule has 1 aromatic heterocycles. The molecule has 14 heavy (non-hydrogen) atoms. The average Bonchev–Trinajstić information content (AvgIpc) is 2.60. The molecule has 2 atom stereocenters. The quantitative estimate of drug-likeness (QED) is 0.746. The lowest BCUT2D eigenvalue weighted by molar-refractivity contribution is 0.178. The predicted octanol–water partition coefficient (Wildman–Crippen LogP) is 2.47. The summed E-state index contributed by atoms with van der Waals surface area (Å²) in [6, 6.07) is 8.05. The lowest BCUT2D eigenvalue weighted by Gasteiger charge is -2.13. The van der Waals surface area contributed by atoms with Gasteiger partial charge in [0.1, 0.15) is 0 Å². The summed E-state index contributed by atoms with van der Waals surface area (Å²) in [7, 11) is 0. The number of aromatic nitrogens is 1. The SMILES string of the molecule is [CH2]C(c1c[nH]c2ccccc12)C(C)O. The van der Waals surface area contributed by atoms with Crippen molar-refractivity contribution in [3.8, 4) is 0 Å². The first-order chi connectivity index (χ1) is 6.70. The number of aromatic amines is 1. The Kier molecular flexibility index (Phi) is 2.30. The summed E-state index contributed by atoms with van der Waals surface area (Å²) in [5.74, 6) is -0.0776. The number of H-pyrrole nitrogens is 1. The highest BCUT2D eigenvalue weighted by atomic mass is 16.3. The Morgan fingerprint density at radius 2 is 2.07 bits per heavy atom. The lowest BCUT2D eigenvalue weighted by Crippen LogP contribution is -2.10. The van der Waals surface area contributed by atoms with Crippen molar-refractivity contribution < 1.29 is 5.11 Å². The summed E-state index contributed by atoms with van der Waals surface area (Å²) in [4.78, 5) is 3.17. The average molecular weight is 188 g/mol. The van der Waals surface area contributed by atoms with Gasteiger partial charge in [-0.25, -0.2) is 0 Å². The highest BCUT2D eigenvalue weighted by molar-refractivity contribution is 5.83. The fourth-order valence-electron chi connectivity index (χ4n) is 1.66. The summed E-state index contributed by atoms with van der Waals surface area (Å²) >= 11 is 0. The van der Waals surface area contributed by atoms with E-state index in [-0.39, 0.29) is 5.92 Å². The number of rotatable bonds is 2. The largest absolute Gasteiger partial charge is 0.393 e. The van der Waals surface area contributed by atoms with Gasteiger partial charge in [-0.1, -0.05) is 18.2 Å². The van der Waals surface area contributed by atoms with Crippen molar-refractivity contribution in [3.05, 3.63) is 42.9 Å². The molecule has 0 aliphatic carbocycles. The molecule has 0 aliphatic heterocycles. The zero-order chi connectivity index (χ0) is 10.1. The number of hydrogen-bond donors (Lipinski definition) is 2. The molecule has 0 saturated heterocycles. The van der Waals surface area contributed by atoms with Gasteiger partial charge in [0.25, 0.3) is 0 Å². The van der Waals surface area contributed by atoms with Crippen molar-refractivity contribution in [2.24, 2.45) is 0 Å². The third-order valence-electron chi connectivity index (χ3n) is 2.60. The van der Waals surface area contributed by atoms with Gasteiger partial charge >= 0.3 is 0 Å². The van der Waals surface area contributed by atoms with Crippen LogP contribution in [0.4, 0.5) is 0 Å². The molecule has 0 bridgehead atoms. The molecule has 1 aromatic carbocycles. The molecule has 2 nitrogen and oxygen atoms in total. The van der Waals surface area contributed by atoms with Gasteiger partial charge in [0.2, 0.25) is 0 Å². The summed E-state index contributed by atoms with van der Waals surface area (Å²) < 4.78 is 0. The molecule has 1 heterocycles. The standard InChI is InChI=1S/C12H14NO/c1-8(9(2)14)11-7-13-12-6-4-3-5-10(11)12/h3-9,13-14H,1H2,2H3. The van der Waals surface area contributed by atoms with E-state index in [2.05, 4.69) is 11.9 Å². The normalized spacial score (nSPS) is 15.6. The fourth-order valence-corrected chi connectivity index (χ4v) is 1.66. The monoisotopic (exact) mass is 188 g/mol. The second kappa shape index (κ2) is 3.46. The van der Waals surface area contributed by atoms with Crippen LogP contribution in [-0.2, 0) is 0 Å². The minimum absolute atomic E-state index is 0.0776. The number of aliphatic hydroxyl groups excluding tert-OH is 1. The molecule has 2 aromatic rings. The summed E-state index contributed by atoms with van der Waals surface area (Å²) in [6.07, 6.45) is 1.50. The molecular formula is C12H14NO. The van der Waals surface area contributed by atoms with Crippen molar-refractivity contribution >= 4 is 10.9 Å². The highest BCUT2D eigenvalue weighted by Gasteiger charge is 2.15. The van der Waals surface area contributed by atoms with Gasteiger partial charge in [-0.15, -0.1) is 0 Å². The lowest BCUT2D eigenvalue weighted by atomic mass is 9.96. The number of fused-ring (bicyclic) bond motifs is 1. The smallest absolute Gasteiger partial charge is 0.0581 e. The minimum Gasteiger partial charge on any atom is -0.393 e. The first-order valence-electron chi connectivity index (χ1n) is 4.77. The van der Waals surface area contributed by atoms with Crippen LogP contribution in [0, 0.1) is 6.92 Å². The summed E-state index contributed by atoms with van der Waals surface area (Å²) in [5.41, 5.74) is 2.17. The molecule has 1 radical (unpaired) electrons. The Morgan fingerprint density at radius 1 is 1.36 bits per heavy atom. The van der Waals surface area contributed by atoms with Gasteiger partial charge in [-0.2, -0.15) is 0 Å². The van der Waals surface area contributed by atoms with Crippen molar-refractivity contribution in [1.29, 1.82) is 0 Å². The first kappa shape index (κ1) is 9.28. The first-order valence-corrected chi connectivity index (χ1v) is 4.77. The van der Waals surface area contributed by atoms with E-state index in [1.54, 1.807) is 6.92 Å². The number of nitrogens with one attached hydrogen (secondary N) is 1. The molecule has 0 amide bonds. The fraction of sp³-hybridized carbons (Fsp3) is 0.250. The van der Waals surface area contributed by atoms with Crippen molar-refractivity contribution in [3.63, 3.8) is 0 Å². The van der Waals surface area contributed by atoms with E-state index in [1.807, 2.05) is 30.5 Å². The maximum Gasteiger partial charge on any atom is 0.0581 e. The van der Waals surface area contributed by atoms with Gasteiger partial charge in [0, 0.05) is 23.0 Å². The predicted molar refractivity (Wildman–Crippen MR) is 58.1 cm³/mol. The van der Waals surface area contributed by atoms with Gasteiger partial charge in [0.05, 0.1) is 6.10 Å². The van der Waals surface area contributed by atoms with Gasteiger partial charge < -0.3 is 10.1 Å². The Bertz CT molecular complexity index is 431. The van der Waals surface area contributed by atoms with Crippen LogP contribution in [0.15, 0.2) is 30.5 Å². The van der Waals surface area contributed by atoms with Gasteiger partial charge in [-0.3, -0.25) is 0 Å². The Hall–Kier alpha value is -1.28. The summed E-state index contributed by atoms with van der Waals surface area (Å²) in [6.45, 7) is 5.72. The van der Waals surface area contributed by atoms with Crippen molar-refractivity contribution in [2.75, 3.05) is 0 Å². The maximum absolute atomic E-state index is 9.48. The van der Waals surface area contributed by atoms with E-state index in [0.29, 0.717) is 0 Å². The van der Waals surface area contributed by atoms with Crippen molar-refractivity contribution in [1.82, 2.24) is 4.98 Å². The van der Waals surface area contributed by atoms with Crippen LogP contribution >= 0.6 is 0 Å². The maximum atomic E-state index is 9.48. The molecule has 2 unspecified atom stereocenters. The molecule has 0 spiro atoms.